The van der Waals surface area contributed by atoms with Gasteiger partial charge in [0.2, 0.25) is 5.95 Å². The van der Waals surface area contributed by atoms with Crippen molar-refractivity contribution in [3.63, 3.8) is 0 Å². The Labute approximate surface area is 138 Å². The largest absolute Gasteiger partial charge is 0.394 e. The van der Waals surface area contributed by atoms with Crippen molar-refractivity contribution in [3.05, 3.63) is 6.33 Å². The lowest BCUT2D eigenvalue weighted by Gasteiger charge is -2.17. The number of aliphatic hydroxyl groups excluding tert-OH is 3. The average molecular weight is 338 g/mol. The zero-order chi connectivity index (χ0) is 17.4. The van der Waals surface area contributed by atoms with E-state index in [9.17, 15) is 15.3 Å². The summed E-state index contributed by atoms with van der Waals surface area (Å²) in [6.45, 7) is 3.62. The van der Waals surface area contributed by atoms with Gasteiger partial charge in [0.15, 0.2) is 17.7 Å². The fraction of sp³-hybridized carbons (Fsp3) is 0.643. The highest BCUT2D eigenvalue weighted by atomic mass is 16.6. The summed E-state index contributed by atoms with van der Waals surface area (Å²) in [5.74, 6) is 0.555. The molecule has 1 fully saturated rings. The smallest absolute Gasteiger partial charge is 0.226 e. The Bertz CT molecular complexity index is 723. The summed E-state index contributed by atoms with van der Waals surface area (Å²) >= 11 is 0. The van der Waals surface area contributed by atoms with E-state index in [4.69, 9.17) is 10.5 Å². The van der Waals surface area contributed by atoms with Crippen LogP contribution in [0.15, 0.2) is 6.33 Å². The number of nitrogens with two attached hydrogens (primary N) is 1. The van der Waals surface area contributed by atoms with Crippen LogP contribution in [0, 0.1) is 0 Å². The van der Waals surface area contributed by atoms with Crippen molar-refractivity contribution in [1.82, 2.24) is 19.5 Å². The Morgan fingerprint density at radius 1 is 1.38 bits per heavy atom. The maximum atomic E-state index is 10.2. The number of fused-ring (bicyclic) bond motifs is 1. The highest BCUT2D eigenvalue weighted by Crippen LogP contribution is 2.32. The zero-order valence-corrected chi connectivity index (χ0v) is 13.5. The van der Waals surface area contributed by atoms with Crippen LogP contribution in [0.3, 0.4) is 0 Å². The monoisotopic (exact) mass is 338 g/mol. The minimum atomic E-state index is -1.22. The van der Waals surface area contributed by atoms with Gasteiger partial charge in [0.05, 0.1) is 12.9 Å². The van der Waals surface area contributed by atoms with Gasteiger partial charge in [-0.1, -0.05) is 6.92 Å². The van der Waals surface area contributed by atoms with Crippen molar-refractivity contribution >= 4 is 22.9 Å². The van der Waals surface area contributed by atoms with Gasteiger partial charge >= 0.3 is 0 Å². The summed E-state index contributed by atoms with van der Waals surface area (Å²) in [6.07, 6.45) is -1.92. The van der Waals surface area contributed by atoms with Gasteiger partial charge in [0.25, 0.3) is 0 Å². The number of hydrogen-bond acceptors (Lipinski definition) is 9. The standard InChI is InChI=1S/C14H22N6O4/c1-3-6(2)17-14-18-11(15)8-12(19-14)20(5-16-8)13-10(23)9(22)7(4-21)24-13/h5-7,9-10,13,21-23H,3-4H2,1-2H3,(H3,15,17,18,19)/t6-,7+,9+,10+,13+/m0/s1. The molecule has 10 nitrogen and oxygen atoms in total. The van der Waals surface area contributed by atoms with Gasteiger partial charge in [0, 0.05) is 6.04 Å². The van der Waals surface area contributed by atoms with Crippen molar-refractivity contribution in [3.8, 4) is 0 Å². The Kier molecular flexibility index (Phi) is 4.54. The molecule has 3 heterocycles. The normalized spacial score (nSPS) is 28.4. The molecule has 2 aromatic heterocycles. The number of imidazole rings is 1. The maximum Gasteiger partial charge on any atom is 0.226 e. The zero-order valence-electron chi connectivity index (χ0n) is 13.5. The molecule has 1 aliphatic heterocycles. The molecule has 5 atom stereocenters. The molecule has 0 saturated carbocycles. The highest BCUT2D eigenvalue weighted by Gasteiger charge is 2.44. The van der Waals surface area contributed by atoms with Crippen LogP contribution in [0.5, 0.6) is 0 Å². The van der Waals surface area contributed by atoms with Crippen molar-refractivity contribution < 1.29 is 20.1 Å². The first-order valence-electron chi connectivity index (χ1n) is 7.85. The molecule has 132 valence electrons. The predicted molar refractivity (Wildman–Crippen MR) is 86.1 cm³/mol. The van der Waals surface area contributed by atoms with Gasteiger partial charge in [-0.2, -0.15) is 9.97 Å². The van der Waals surface area contributed by atoms with E-state index < -0.39 is 31.1 Å². The molecule has 0 bridgehead atoms. The first-order chi connectivity index (χ1) is 11.5. The Morgan fingerprint density at radius 2 is 2.12 bits per heavy atom. The number of hydrogen-bond donors (Lipinski definition) is 5. The van der Waals surface area contributed by atoms with E-state index in [1.54, 1.807) is 0 Å². The van der Waals surface area contributed by atoms with Gasteiger partial charge in [0.1, 0.15) is 23.8 Å². The van der Waals surface area contributed by atoms with E-state index >= 15 is 0 Å². The topological polar surface area (TPSA) is 152 Å². The van der Waals surface area contributed by atoms with Gasteiger partial charge < -0.3 is 31.1 Å². The fourth-order valence-corrected chi connectivity index (χ4v) is 2.62. The van der Waals surface area contributed by atoms with Gasteiger partial charge in [-0.05, 0) is 13.3 Å². The number of anilines is 2. The van der Waals surface area contributed by atoms with E-state index in [0.29, 0.717) is 17.1 Å². The number of ether oxygens (including phenoxy) is 1. The third-order valence-corrected chi connectivity index (χ3v) is 4.23. The van der Waals surface area contributed by atoms with Crippen molar-refractivity contribution in [2.75, 3.05) is 17.7 Å². The molecule has 6 N–H and O–H groups in total. The molecule has 2 aromatic rings. The molecule has 0 spiro atoms. The van der Waals surface area contributed by atoms with Crippen molar-refractivity contribution in [2.45, 2.75) is 50.8 Å². The second-order valence-corrected chi connectivity index (χ2v) is 5.94. The molecule has 0 aliphatic carbocycles. The quantitative estimate of drug-likeness (QED) is 0.473. The minimum Gasteiger partial charge on any atom is -0.394 e. The van der Waals surface area contributed by atoms with Gasteiger partial charge in [-0.3, -0.25) is 4.57 Å². The molecule has 0 unspecified atom stereocenters. The fourth-order valence-electron chi connectivity index (χ4n) is 2.62. The third-order valence-electron chi connectivity index (χ3n) is 4.23. The predicted octanol–water partition coefficient (Wildman–Crippen LogP) is -0.770. The van der Waals surface area contributed by atoms with Crippen LogP contribution in [0.4, 0.5) is 11.8 Å². The van der Waals surface area contributed by atoms with Gasteiger partial charge in [-0.15, -0.1) is 0 Å². The second-order valence-electron chi connectivity index (χ2n) is 5.94. The van der Waals surface area contributed by atoms with E-state index in [2.05, 4.69) is 20.3 Å². The van der Waals surface area contributed by atoms with Crippen LogP contribution >= 0.6 is 0 Å². The lowest BCUT2D eigenvalue weighted by molar-refractivity contribution is -0.0511. The molecule has 1 aliphatic rings. The molecule has 0 aromatic carbocycles. The first-order valence-corrected chi connectivity index (χ1v) is 7.85. The van der Waals surface area contributed by atoms with Crippen LogP contribution < -0.4 is 11.1 Å². The number of nitrogens with one attached hydrogen (secondary N) is 1. The molecule has 3 rings (SSSR count). The van der Waals surface area contributed by atoms with Crippen molar-refractivity contribution in [1.29, 1.82) is 0 Å². The summed E-state index contributed by atoms with van der Waals surface area (Å²) in [5.41, 5.74) is 6.70. The Morgan fingerprint density at radius 3 is 2.75 bits per heavy atom. The molecular weight excluding hydrogens is 316 g/mol. The number of nitrogen functional groups attached to an aromatic ring is 1. The number of nitrogens with zero attached hydrogens (tertiary/aromatic N) is 4. The Hall–Kier alpha value is -2.01. The lowest BCUT2D eigenvalue weighted by atomic mass is 10.1. The lowest BCUT2D eigenvalue weighted by Crippen LogP contribution is -2.33. The average Bonchev–Trinajstić information content (AvgIpc) is 3.10. The molecule has 1 saturated heterocycles. The van der Waals surface area contributed by atoms with E-state index in [0.717, 1.165) is 6.42 Å². The van der Waals surface area contributed by atoms with E-state index in [-0.39, 0.29) is 11.9 Å². The summed E-state index contributed by atoms with van der Waals surface area (Å²) in [4.78, 5) is 12.7. The van der Waals surface area contributed by atoms with E-state index in [1.165, 1.54) is 10.9 Å². The highest BCUT2D eigenvalue weighted by molar-refractivity contribution is 5.83. The first kappa shape index (κ1) is 16.8. The molecule has 0 amide bonds. The van der Waals surface area contributed by atoms with Gasteiger partial charge in [-0.25, -0.2) is 4.98 Å². The summed E-state index contributed by atoms with van der Waals surface area (Å²) in [5, 5.41) is 32.5. The molecular formula is C14H22N6O4. The summed E-state index contributed by atoms with van der Waals surface area (Å²) in [7, 11) is 0. The molecule has 24 heavy (non-hydrogen) atoms. The minimum absolute atomic E-state index is 0.159. The Balaban J connectivity index is 2.00. The second kappa shape index (κ2) is 6.48. The molecule has 0 radical (unpaired) electrons. The number of aliphatic hydroxyl groups is 3. The van der Waals surface area contributed by atoms with Crippen LogP contribution in [0.1, 0.15) is 26.5 Å². The third kappa shape index (κ3) is 2.77. The van der Waals surface area contributed by atoms with Crippen LogP contribution in [-0.4, -0.2) is 65.8 Å². The van der Waals surface area contributed by atoms with Crippen molar-refractivity contribution in [2.24, 2.45) is 0 Å². The van der Waals surface area contributed by atoms with E-state index in [1.807, 2.05) is 13.8 Å². The molecule has 10 heteroatoms. The number of aromatic nitrogens is 4. The van der Waals surface area contributed by atoms with Crippen LogP contribution in [0.2, 0.25) is 0 Å². The van der Waals surface area contributed by atoms with Crippen LogP contribution in [-0.2, 0) is 4.74 Å². The summed E-state index contributed by atoms with van der Waals surface area (Å²) < 4.78 is 7.01. The summed E-state index contributed by atoms with van der Waals surface area (Å²) in [6, 6.07) is 0.159. The maximum absolute atomic E-state index is 10.2. The SMILES string of the molecule is CC[C@H](C)Nc1nc(N)c2ncn([C@@H]3O[C@H](CO)[C@@H](O)[C@H]3O)c2n1. The van der Waals surface area contributed by atoms with Crippen LogP contribution in [0.25, 0.3) is 11.2 Å². The number of rotatable bonds is 5.